The number of allylic oxidation sites excluding steroid dienone is 1. The Morgan fingerprint density at radius 1 is 0.829 bits per heavy atom. The Kier molecular flexibility index (Phi) is 17.8. The van der Waals surface area contributed by atoms with Gasteiger partial charge in [-0.2, -0.15) is 0 Å². The van der Waals surface area contributed by atoms with E-state index in [2.05, 4.69) is 19.6 Å². The van der Waals surface area contributed by atoms with E-state index < -0.39 is 67.6 Å². The highest BCUT2D eigenvalue weighted by molar-refractivity contribution is 6.85. The van der Waals surface area contributed by atoms with Gasteiger partial charge in [0, 0.05) is 18.9 Å². The largest absolute Gasteiger partial charge is 0.463 e. The van der Waals surface area contributed by atoms with E-state index >= 15 is 0 Å². The second-order valence-corrected chi connectivity index (χ2v) is 21.7. The highest BCUT2D eigenvalue weighted by Gasteiger charge is 2.44. The Bertz CT molecular complexity index is 580. The fourth-order valence-electron chi connectivity index (χ4n) is 3.97. The van der Waals surface area contributed by atoms with Crippen LogP contribution >= 0.6 is 0 Å². The Hall–Kier alpha value is 0.231. The highest BCUT2D eigenvalue weighted by atomic mass is 28.4. The lowest BCUT2D eigenvalue weighted by Gasteiger charge is -2.41. The van der Waals surface area contributed by atoms with Crippen LogP contribution < -0.4 is 0 Å². The van der Waals surface area contributed by atoms with Crippen LogP contribution in [0.3, 0.4) is 0 Å². The summed E-state index contributed by atoms with van der Waals surface area (Å²) in [7, 11) is -8.16. The lowest BCUT2D eigenvalue weighted by molar-refractivity contribution is -0.276. The number of esters is 1. The van der Waals surface area contributed by atoms with Gasteiger partial charge in [-0.25, -0.2) is 4.79 Å². The molecular formula is C20H50O9Si6. The molecule has 0 aliphatic carbocycles. The van der Waals surface area contributed by atoms with Gasteiger partial charge >= 0.3 is 5.97 Å². The first kappa shape index (κ1) is 35.2. The minimum atomic E-state index is -2.58. The Labute approximate surface area is 223 Å². The Balaban J connectivity index is 5.89. The normalized spacial score (nSPS) is 19.0. The molecule has 0 saturated heterocycles. The van der Waals surface area contributed by atoms with Crippen molar-refractivity contribution in [3.8, 4) is 0 Å². The van der Waals surface area contributed by atoms with Crippen LogP contribution in [0.15, 0.2) is 12.2 Å². The van der Waals surface area contributed by atoms with Crippen LogP contribution in [0.5, 0.6) is 0 Å². The zero-order chi connectivity index (χ0) is 27.0. The summed E-state index contributed by atoms with van der Waals surface area (Å²) >= 11 is 0. The van der Waals surface area contributed by atoms with E-state index in [1.54, 1.807) is 13.0 Å². The minimum absolute atomic E-state index is 0.287. The molecule has 208 valence electrons. The first-order valence-corrected chi connectivity index (χ1v) is 26.7. The van der Waals surface area contributed by atoms with Gasteiger partial charge in [-0.1, -0.05) is 32.3 Å². The molecule has 0 unspecified atom stereocenters. The first-order valence-electron chi connectivity index (χ1n) is 12.8. The van der Waals surface area contributed by atoms with Crippen LogP contribution in [0.1, 0.15) is 26.2 Å². The predicted molar refractivity (Wildman–Crippen MR) is 156 cm³/mol. The van der Waals surface area contributed by atoms with Gasteiger partial charge in [0.2, 0.25) is 0 Å². The molecule has 15 heteroatoms. The number of aliphatic hydroxyl groups is 2. The number of carbonyl (C=O) groups is 1. The summed E-state index contributed by atoms with van der Waals surface area (Å²) in [5.74, 6) is -3.51. The van der Waals surface area contributed by atoms with Gasteiger partial charge in [-0.05, 0) is 51.1 Å². The van der Waals surface area contributed by atoms with Crippen molar-refractivity contribution >= 4 is 61.7 Å². The van der Waals surface area contributed by atoms with Crippen LogP contribution in [0, 0.1) is 0 Å². The Morgan fingerprint density at radius 2 is 1.26 bits per heavy atom. The van der Waals surface area contributed by atoms with E-state index in [-0.39, 0.29) is 12.6 Å². The van der Waals surface area contributed by atoms with Crippen molar-refractivity contribution in [2.45, 2.75) is 102 Å². The summed E-state index contributed by atoms with van der Waals surface area (Å²) in [6, 6.07) is 1.91. The maximum Gasteiger partial charge on any atom is 0.330 e. The molecule has 0 amide bonds. The van der Waals surface area contributed by atoms with Crippen LogP contribution in [-0.4, -0.2) is 90.4 Å². The van der Waals surface area contributed by atoms with Crippen LogP contribution in [0.25, 0.3) is 0 Å². The average Bonchev–Trinajstić information content (AvgIpc) is 2.74. The van der Waals surface area contributed by atoms with Gasteiger partial charge < -0.3 is 36.8 Å². The summed E-state index contributed by atoms with van der Waals surface area (Å²) in [5.41, 5.74) is 0. The van der Waals surface area contributed by atoms with Crippen molar-refractivity contribution < 1.29 is 41.6 Å². The van der Waals surface area contributed by atoms with Gasteiger partial charge in [0.15, 0.2) is 55.7 Å². The molecule has 0 fully saturated rings. The van der Waals surface area contributed by atoms with Crippen molar-refractivity contribution in [2.24, 2.45) is 0 Å². The summed E-state index contributed by atoms with van der Waals surface area (Å²) in [6.45, 7) is 16.4. The summed E-state index contributed by atoms with van der Waals surface area (Å²) < 4.78 is 35.1. The zero-order valence-corrected chi connectivity index (χ0v) is 30.8. The van der Waals surface area contributed by atoms with Gasteiger partial charge in [-0.15, -0.1) is 0 Å². The molecule has 0 aromatic rings. The summed E-state index contributed by atoms with van der Waals surface area (Å²) in [6.07, 6.45) is 4.32. The average molecular weight is 603 g/mol. The van der Waals surface area contributed by atoms with Crippen LogP contribution in [-0.2, 0) is 31.4 Å². The van der Waals surface area contributed by atoms with Crippen molar-refractivity contribution in [3.63, 3.8) is 0 Å². The van der Waals surface area contributed by atoms with Gasteiger partial charge in [0.25, 0.3) is 11.9 Å². The minimum Gasteiger partial charge on any atom is -0.463 e. The third kappa shape index (κ3) is 15.9. The van der Waals surface area contributed by atoms with Gasteiger partial charge in [0.1, 0.15) is 0 Å². The van der Waals surface area contributed by atoms with Gasteiger partial charge in [-0.3, -0.25) is 0 Å². The van der Waals surface area contributed by atoms with Crippen molar-refractivity contribution in [2.75, 3.05) is 6.61 Å². The topological polar surface area (TPSA) is 113 Å². The second-order valence-electron chi connectivity index (χ2n) is 9.33. The number of rotatable bonds is 21. The van der Waals surface area contributed by atoms with E-state index in [4.69, 9.17) is 26.6 Å². The van der Waals surface area contributed by atoms with E-state index in [0.717, 1.165) is 0 Å². The fourth-order valence-corrected chi connectivity index (χ4v) is 16.5. The maximum atomic E-state index is 11.8. The molecule has 0 aliphatic rings. The maximum absolute atomic E-state index is 11.8. The number of hydrogen-bond donors (Lipinski definition) is 2. The lowest BCUT2D eigenvalue weighted by atomic mass is 10.4. The van der Waals surface area contributed by atoms with Crippen molar-refractivity contribution in [1.29, 1.82) is 0 Å². The lowest BCUT2D eigenvalue weighted by Crippen LogP contribution is -2.51. The molecule has 0 aromatic heterocycles. The van der Waals surface area contributed by atoms with E-state index in [1.165, 1.54) is 6.08 Å². The van der Waals surface area contributed by atoms with E-state index in [0.29, 0.717) is 37.4 Å². The summed E-state index contributed by atoms with van der Waals surface area (Å²) in [4.78, 5) is 11.8. The monoisotopic (exact) mass is 602 g/mol. The third-order valence-electron chi connectivity index (χ3n) is 5.12. The predicted octanol–water partition coefficient (Wildman–Crippen LogP) is 0.959. The van der Waals surface area contributed by atoms with E-state index in [1.807, 2.05) is 26.2 Å². The molecule has 0 radical (unpaired) electrons. The SMILES string of the molecule is CC=CC(=O)OCCC[Si](CCC(O)(O[SiH2]C)O[SiH2]C)(CCC(O)(O[SiH2]C)O[SiH2]C)O[Si](C)(C)C. The molecule has 2 N–H and O–H groups in total. The number of hydrogen-bond acceptors (Lipinski definition) is 9. The first-order chi connectivity index (χ1) is 16.3. The molecule has 0 aromatic carbocycles. The zero-order valence-electron chi connectivity index (χ0n) is 23.2. The molecule has 0 atom stereocenters. The molecule has 0 spiro atoms. The third-order valence-corrected chi connectivity index (χ3v) is 15.8. The van der Waals surface area contributed by atoms with E-state index in [9.17, 15) is 15.0 Å². The summed E-state index contributed by atoms with van der Waals surface area (Å²) in [5, 5.41) is 22.0. The molecule has 0 rings (SSSR count). The molecule has 0 aliphatic heterocycles. The Morgan fingerprint density at radius 3 is 1.60 bits per heavy atom. The molecule has 9 nitrogen and oxygen atoms in total. The van der Waals surface area contributed by atoms with Crippen LogP contribution in [0.4, 0.5) is 0 Å². The highest BCUT2D eigenvalue weighted by Crippen LogP contribution is 2.36. The van der Waals surface area contributed by atoms with Crippen molar-refractivity contribution in [3.05, 3.63) is 12.2 Å². The quantitative estimate of drug-likeness (QED) is 0.0652. The van der Waals surface area contributed by atoms with Crippen molar-refractivity contribution in [1.82, 2.24) is 0 Å². The van der Waals surface area contributed by atoms with Crippen LogP contribution in [0.2, 0.25) is 64.0 Å². The number of carbonyl (C=O) groups excluding carboxylic acids is 1. The standard InChI is InChI=1S/C20H50O9Si6/c1-9-11-18(21)24-14-10-15-35(29-34(6,7)8,16-12-19(22,25-30-2)26-31-3)17-13-20(23,27-32-4)28-33-5/h9,11,22-23H,10,12-17,30-33H2,1-8H3. The smallest absolute Gasteiger partial charge is 0.330 e. The second kappa shape index (κ2) is 17.7. The molecule has 0 saturated carbocycles. The molecule has 35 heavy (non-hydrogen) atoms. The molecule has 0 heterocycles. The molecular weight excluding hydrogens is 553 g/mol. The van der Waals surface area contributed by atoms with Gasteiger partial charge in [0.05, 0.1) is 6.61 Å². The fraction of sp³-hybridized carbons (Fsp3) is 0.850. The number of ether oxygens (including phenoxy) is 1. The molecule has 0 bridgehead atoms.